The molecular weight excluding hydrogens is 279 g/mol. The molecule has 5 heteroatoms. The summed E-state index contributed by atoms with van der Waals surface area (Å²) in [6.07, 6.45) is 5.00. The van der Waals surface area contributed by atoms with Crippen LogP contribution in [0, 0.1) is 29.0 Å². The van der Waals surface area contributed by atoms with E-state index in [1.165, 1.54) is 16.8 Å². The molecule has 0 amide bonds. The van der Waals surface area contributed by atoms with Crippen molar-refractivity contribution in [2.75, 3.05) is 0 Å². The minimum atomic E-state index is -0.478. The first-order valence-corrected chi connectivity index (χ1v) is 6.43. The molecule has 0 unspecified atom stereocenters. The summed E-state index contributed by atoms with van der Waals surface area (Å²) < 4.78 is 14.9. The highest BCUT2D eigenvalue weighted by atomic mass is 19.1. The minimum absolute atomic E-state index is 0.245. The molecule has 0 saturated heterocycles. The number of benzene rings is 1. The van der Waals surface area contributed by atoms with E-state index in [0.717, 1.165) is 5.56 Å². The summed E-state index contributed by atoms with van der Waals surface area (Å²) in [6, 6.07) is 11.3. The molecule has 0 bridgehead atoms. The molecule has 0 aliphatic heterocycles. The first-order chi connectivity index (χ1) is 10.7. The average Bonchev–Trinajstić information content (AvgIpc) is 3.02. The van der Waals surface area contributed by atoms with Crippen molar-refractivity contribution in [3.63, 3.8) is 0 Å². The summed E-state index contributed by atoms with van der Waals surface area (Å²) in [5.41, 5.74) is 2.12. The van der Waals surface area contributed by atoms with Gasteiger partial charge in [0, 0.05) is 24.2 Å². The molecule has 0 atom stereocenters. The molecule has 2 aromatic heterocycles. The number of hydrogen-bond acceptors (Lipinski definition) is 3. The largest absolute Gasteiger partial charge is 0.265 e. The van der Waals surface area contributed by atoms with E-state index in [-0.39, 0.29) is 5.56 Å². The Balaban J connectivity index is 1.90. The number of nitriles is 1. The number of pyridine rings is 1. The number of hydrogen-bond donors (Lipinski definition) is 0. The van der Waals surface area contributed by atoms with Crippen LogP contribution in [0.5, 0.6) is 0 Å². The summed E-state index contributed by atoms with van der Waals surface area (Å²) in [7, 11) is 0. The van der Waals surface area contributed by atoms with Crippen LogP contribution >= 0.6 is 0 Å². The Hall–Kier alpha value is -3.44. The van der Waals surface area contributed by atoms with Crippen LogP contribution in [0.1, 0.15) is 16.8 Å². The van der Waals surface area contributed by atoms with Crippen molar-refractivity contribution < 1.29 is 4.39 Å². The molecular formula is C17H9FN4. The Bertz CT molecular complexity index is 911. The van der Waals surface area contributed by atoms with Gasteiger partial charge >= 0.3 is 0 Å². The van der Waals surface area contributed by atoms with Gasteiger partial charge < -0.3 is 0 Å². The number of rotatable bonds is 1. The molecule has 0 saturated carbocycles. The van der Waals surface area contributed by atoms with Crippen molar-refractivity contribution in [1.29, 1.82) is 5.26 Å². The standard InChI is InChI=1S/C17H9FN4/c18-15-9-14(12-19)10-17(11-15)22-8-5-16(21-22)2-1-13-3-6-20-7-4-13/h3-11H. The van der Waals surface area contributed by atoms with Crippen LogP contribution in [0.4, 0.5) is 4.39 Å². The zero-order valence-corrected chi connectivity index (χ0v) is 11.4. The van der Waals surface area contributed by atoms with Crippen LogP contribution in [0.2, 0.25) is 0 Å². The van der Waals surface area contributed by atoms with E-state index in [9.17, 15) is 4.39 Å². The Kier molecular flexibility index (Phi) is 3.63. The van der Waals surface area contributed by atoms with Gasteiger partial charge in [-0.1, -0.05) is 5.92 Å². The fraction of sp³-hybridized carbons (Fsp3) is 0. The van der Waals surface area contributed by atoms with Gasteiger partial charge in [0.1, 0.15) is 11.5 Å². The normalized spacial score (nSPS) is 9.64. The Labute approximate surface area is 126 Å². The van der Waals surface area contributed by atoms with Gasteiger partial charge in [-0.2, -0.15) is 10.4 Å². The van der Waals surface area contributed by atoms with Crippen molar-refractivity contribution in [2.24, 2.45) is 0 Å². The maximum absolute atomic E-state index is 13.5. The first kappa shape index (κ1) is 13.5. The predicted molar refractivity (Wildman–Crippen MR) is 78.5 cm³/mol. The molecule has 0 spiro atoms. The second-order valence-electron chi connectivity index (χ2n) is 4.44. The van der Waals surface area contributed by atoms with Crippen molar-refractivity contribution in [3.05, 3.63) is 77.6 Å². The van der Waals surface area contributed by atoms with Gasteiger partial charge in [-0.25, -0.2) is 9.07 Å². The number of nitrogens with zero attached hydrogens (tertiary/aromatic N) is 4. The fourth-order valence-electron chi connectivity index (χ4n) is 1.88. The van der Waals surface area contributed by atoms with Gasteiger partial charge in [0.2, 0.25) is 0 Å². The molecule has 0 radical (unpaired) electrons. The summed E-state index contributed by atoms with van der Waals surface area (Å²) in [6.45, 7) is 0. The van der Waals surface area contributed by atoms with Crippen LogP contribution in [-0.2, 0) is 0 Å². The average molecular weight is 288 g/mol. The minimum Gasteiger partial charge on any atom is -0.265 e. The molecule has 1 aromatic carbocycles. The predicted octanol–water partition coefficient (Wildman–Crippen LogP) is 2.68. The lowest BCUT2D eigenvalue weighted by molar-refractivity contribution is 0.625. The van der Waals surface area contributed by atoms with Crippen LogP contribution in [0.25, 0.3) is 5.69 Å². The topological polar surface area (TPSA) is 54.5 Å². The smallest absolute Gasteiger partial charge is 0.136 e. The second kappa shape index (κ2) is 5.90. The number of halogens is 1. The van der Waals surface area contributed by atoms with Crippen molar-refractivity contribution in [2.45, 2.75) is 0 Å². The molecule has 104 valence electrons. The van der Waals surface area contributed by atoms with Crippen molar-refractivity contribution in [1.82, 2.24) is 14.8 Å². The Morgan fingerprint density at radius 1 is 1.00 bits per heavy atom. The van der Waals surface area contributed by atoms with Gasteiger partial charge in [-0.15, -0.1) is 0 Å². The molecule has 0 N–H and O–H groups in total. The lowest BCUT2D eigenvalue weighted by atomic mass is 10.2. The third-order valence-electron chi connectivity index (χ3n) is 2.88. The maximum Gasteiger partial charge on any atom is 0.136 e. The van der Waals surface area contributed by atoms with Crippen LogP contribution in [-0.4, -0.2) is 14.8 Å². The zero-order chi connectivity index (χ0) is 15.4. The molecule has 2 heterocycles. The monoisotopic (exact) mass is 288 g/mol. The van der Waals surface area contributed by atoms with Gasteiger partial charge in [-0.05, 0) is 42.3 Å². The molecule has 22 heavy (non-hydrogen) atoms. The van der Waals surface area contributed by atoms with Crippen molar-refractivity contribution >= 4 is 0 Å². The summed E-state index contributed by atoms with van der Waals surface area (Å²) in [5.74, 6) is 5.42. The first-order valence-electron chi connectivity index (χ1n) is 6.43. The highest BCUT2D eigenvalue weighted by Crippen LogP contribution is 2.13. The maximum atomic E-state index is 13.5. The SMILES string of the molecule is N#Cc1cc(F)cc(-n2ccc(C#Cc3ccncc3)n2)c1. The molecule has 3 aromatic rings. The van der Waals surface area contributed by atoms with E-state index < -0.39 is 5.82 Å². The van der Waals surface area contributed by atoms with E-state index in [4.69, 9.17) is 5.26 Å². The van der Waals surface area contributed by atoms with Gasteiger partial charge in [0.15, 0.2) is 0 Å². The zero-order valence-electron chi connectivity index (χ0n) is 11.4. The van der Waals surface area contributed by atoms with Crippen LogP contribution in [0.3, 0.4) is 0 Å². The number of aromatic nitrogens is 3. The van der Waals surface area contributed by atoms with Gasteiger partial charge in [0.25, 0.3) is 0 Å². The van der Waals surface area contributed by atoms with Gasteiger partial charge in [0.05, 0.1) is 17.3 Å². The van der Waals surface area contributed by atoms with E-state index >= 15 is 0 Å². The second-order valence-corrected chi connectivity index (χ2v) is 4.44. The van der Waals surface area contributed by atoms with Gasteiger partial charge in [-0.3, -0.25) is 4.98 Å². The quantitative estimate of drug-likeness (QED) is 0.647. The Morgan fingerprint density at radius 3 is 2.59 bits per heavy atom. The van der Waals surface area contributed by atoms with E-state index in [1.54, 1.807) is 42.9 Å². The highest BCUT2D eigenvalue weighted by Gasteiger charge is 2.04. The summed E-state index contributed by atoms with van der Waals surface area (Å²) >= 11 is 0. The third-order valence-corrected chi connectivity index (χ3v) is 2.88. The Morgan fingerprint density at radius 2 is 1.82 bits per heavy atom. The highest BCUT2D eigenvalue weighted by molar-refractivity contribution is 5.43. The molecule has 3 rings (SSSR count). The van der Waals surface area contributed by atoms with Crippen molar-refractivity contribution in [3.8, 4) is 23.6 Å². The van der Waals surface area contributed by atoms with E-state index in [1.807, 2.05) is 6.07 Å². The third kappa shape index (κ3) is 3.00. The lowest BCUT2D eigenvalue weighted by Gasteiger charge is -2.01. The molecule has 0 aliphatic carbocycles. The van der Waals surface area contributed by atoms with Crippen LogP contribution in [0.15, 0.2) is 55.0 Å². The lowest BCUT2D eigenvalue weighted by Crippen LogP contribution is -1.97. The fourth-order valence-corrected chi connectivity index (χ4v) is 1.88. The van der Waals surface area contributed by atoms with E-state index in [2.05, 4.69) is 21.9 Å². The molecule has 0 fully saturated rings. The van der Waals surface area contributed by atoms with Crippen LogP contribution < -0.4 is 0 Å². The summed E-state index contributed by atoms with van der Waals surface area (Å²) in [4.78, 5) is 3.92. The molecule has 4 nitrogen and oxygen atoms in total. The van der Waals surface area contributed by atoms with E-state index in [0.29, 0.717) is 11.4 Å². The summed E-state index contributed by atoms with van der Waals surface area (Å²) in [5, 5.41) is 13.1. The molecule has 0 aliphatic rings.